The highest BCUT2D eigenvalue weighted by Crippen LogP contribution is 2.24. The van der Waals surface area contributed by atoms with Crippen LogP contribution in [0.15, 0.2) is 53.1 Å². The van der Waals surface area contributed by atoms with Crippen molar-refractivity contribution in [2.45, 2.75) is 46.3 Å². The lowest BCUT2D eigenvalue weighted by atomic mass is 9.96. The molecule has 1 fully saturated rings. The van der Waals surface area contributed by atoms with E-state index >= 15 is 0 Å². The molecule has 4 rings (SSSR count). The van der Waals surface area contributed by atoms with Crippen LogP contribution < -0.4 is 10.1 Å². The van der Waals surface area contributed by atoms with Crippen molar-refractivity contribution in [2.24, 2.45) is 5.92 Å². The predicted octanol–water partition coefficient (Wildman–Crippen LogP) is 4.68. The molecule has 1 aromatic heterocycles. The number of ether oxygens (including phenoxy) is 1. The molecule has 1 saturated heterocycles. The first-order chi connectivity index (χ1) is 15.5. The second-order valence-corrected chi connectivity index (χ2v) is 8.62. The van der Waals surface area contributed by atoms with Gasteiger partial charge in [0.1, 0.15) is 5.75 Å². The maximum Gasteiger partial charge on any atom is 0.241 e. The smallest absolute Gasteiger partial charge is 0.241 e. The minimum Gasteiger partial charge on any atom is -0.491 e. The number of aromatic nitrogens is 2. The largest absolute Gasteiger partial charge is 0.491 e. The minimum absolute atomic E-state index is 0.00790. The molecule has 7 heteroatoms. The van der Waals surface area contributed by atoms with E-state index in [1.807, 2.05) is 69.3 Å². The Kier molecular flexibility index (Phi) is 6.85. The summed E-state index contributed by atoms with van der Waals surface area (Å²) >= 11 is 0. The molecule has 1 aliphatic heterocycles. The average molecular weight is 435 g/mol. The van der Waals surface area contributed by atoms with Crippen LogP contribution in [0.5, 0.6) is 5.75 Å². The van der Waals surface area contributed by atoms with Crippen LogP contribution in [-0.4, -0.2) is 40.1 Å². The van der Waals surface area contributed by atoms with Crippen LogP contribution in [-0.2, 0) is 11.3 Å². The van der Waals surface area contributed by atoms with Gasteiger partial charge < -0.3 is 14.6 Å². The first-order valence-electron chi connectivity index (χ1n) is 11.2. The Labute approximate surface area is 188 Å². The van der Waals surface area contributed by atoms with E-state index in [0.29, 0.717) is 18.3 Å². The summed E-state index contributed by atoms with van der Waals surface area (Å²) < 4.78 is 11.2. The number of nitrogens with one attached hydrogen (secondary N) is 1. The predicted molar refractivity (Wildman–Crippen MR) is 123 cm³/mol. The summed E-state index contributed by atoms with van der Waals surface area (Å²) in [6, 6.07) is 15.6. The van der Waals surface area contributed by atoms with Crippen molar-refractivity contribution in [1.29, 1.82) is 0 Å². The minimum atomic E-state index is -0.00790. The first-order valence-corrected chi connectivity index (χ1v) is 11.2. The average Bonchev–Trinajstić information content (AvgIpc) is 3.22. The fourth-order valence-corrected chi connectivity index (χ4v) is 3.93. The maximum absolute atomic E-state index is 12.7. The molecule has 1 aliphatic rings. The molecule has 1 amide bonds. The molecule has 32 heavy (non-hydrogen) atoms. The van der Waals surface area contributed by atoms with Gasteiger partial charge in [0.2, 0.25) is 17.6 Å². The van der Waals surface area contributed by atoms with E-state index in [0.717, 1.165) is 48.5 Å². The lowest BCUT2D eigenvalue weighted by Gasteiger charge is -2.30. The molecule has 1 N–H and O–H groups in total. The van der Waals surface area contributed by atoms with E-state index in [1.165, 1.54) is 0 Å². The number of hydrogen-bond donors (Lipinski definition) is 1. The number of carbonyl (C=O) groups excluding carboxylic acids is 1. The molecule has 0 radical (unpaired) electrons. The molecule has 7 nitrogen and oxygen atoms in total. The van der Waals surface area contributed by atoms with Crippen molar-refractivity contribution in [1.82, 2.24) is 15.0 Å². The van der Waals surface area contributed by atoms with E-state index < -0.39 is 0 Å². The highest BCUT2D eigenvalue weighted by Gasteiger charge is 2.26. The molecule has 168 valence electrons. The monoisotopic (exact) mass is 434 g/mol. The van der Waals surface area contributed by atoms with Crippen molar-refractivity contribution >= 4 is 11.6 Å². The van der Waals surface area contributed by atoms with Gasteiger partial charge in [-0.1, -0.05) is 35.0 Å². The number of aryl methyl sites for hydroxylation is 1. The Bertz CT molecular complexity index is 1050. The number of nitrogens with zero attached hydrogens (tertiary/aromatic N) is 3. The molecule has 0 bridgehead atoms. The van der Waals surface area contributed by atoms with E-state index in [9.17, 15) is 4.79 Å². The Morgan fingerprint density at radius 1 is 1.19 bits per heavy atom. The zero-order chi connectivity index (χ0) is 22.5. The topological polar surface area (TPSA) is 80.5 Å². The van der Waals surface area contributed by atoms with Gasteiger partial charge in [0.25, 0.3) is 0 Å². The normalized spacial score (nSPS) is 15.1. The summed E-state index contributed by atoms with van der Waals surface area (Å²) in [4.78, 5) is 19.5. The summed E-state index contributed by atoms with van der Waals surface area (Å²) in [5, 5.41) is 7.16. The van der Waals surface area contributed by atoms with Crippen LogP contribution >= 0.6 is 0 Å². The Morgan fingerprint density at radius 3 is 2.72 bits per heavy atom. The SMILES string of the molecule is Cc1cccc(-c2noc(CN3CCC(C(=O)Nc4cccc(OC(C)C)c4)CC3)n2)c1. The number of piperidine rings is 1. The van der Waals surface area contributed by atoms with Gasteiger partial charge in [-0.25, -0.2) is 0 Å². The zero-order valence-electron chi connectivity index (χ0n) is 18.9. The number of hydrogen-bond acceptors (Lipinski definition) is 6. The third-order valence-corrected chi connectivity index (χ3v) is 5.53. The molecule has 0 unspecified atom stereocenters. The fraction of sp³-hybridized carbons (Fsp3) is 0.400. The summed E-state index contributed by atoms with van der Waals surface area (Å²) in [6.07, 6.45) is 1.69. The maximum atomic E-state index is 12.7. The van der Waals surface area contributed by atoms with Crippen molar-refractivity contribution in [3.05, 3.63) is 60.0 Å². The van der Waals surface area contributed by atoms with Crippen LogP contribution in [0.1, 0.15) is 38.1 Å². The fourth-order valence-electron chi connectivity index (χ4n) is 3.93. The quantitative estimate of drug-likeness (QED) is 0.581. The number of rotatable bonds is 7. The van der Waals surface area contributed by atoms with E-state index in [4.69, 9.17) is 9.26 Å². The molecular weight excluding hydrogens is 404 g/mol. The highest BCUT2D eigenvalue weighted by molar-refractivity contribution is 5.92. The summed E-state index contributed by atoms with van der Waals surface area (Å²) in [5.41, 5.74) is 2.89. The van der Waals surface area contributed by atoms with Gasteiger partial charge in [-0.3, -0.25) is 9.69 Å². The van der Waals surface area contributed by atoms with Crippen LogP contribution in [0.4, 0.5) is 5.69 Å². The van der Waals surface area contributed by atoms with Gasteiger partial charge in [-0.15, -0.1) is 0 Å². The summed E-state index contributed by atoms with van der Waals surface area (Å²) in [5.74, 6) is 2.03. The molecular formula is C25H30N4O3. The van der Waals surface area contributed by atoms with Crippen molar-refractivity contribution < 1.29 is 14.1 Å². The summed E-state index contributed by atoms with van der Waals surface area (Å²) in [7, 11) is 0. The second-order valence-electron chi connectivity index (χ2n) is 8.62. The number of likely N-dealkylation sites (tertiary alicyclic amines) is 1. The Balaban J connectivity index is 1.28. The summed E-state index contributed by atoms with van der Waals surface area (Å²) in [6.45, 7) is 8.24. The molecule has 0 atom stereocenters. The van der Waals surface area contributed by atoms with Crippen molar-refractivity contribution in [2.75, 3.05) is 18.4 Å². The van der Waals surface area contributed by atoms with Gasteiger partial charge >= 0.3 is 0 Å². The van der Waals surface area contributed by atoms with Gasteiger partial charge in [0.05, 0.1) is 12.6 Å². The standard InChI is InChI=1S/C25H30N4O3/c1-17(2)31-22-9-5-8-21(15-22)26-25(30)19-10-12-29(13-11-19)16-23-27-24(28-32-23)20-7-4-6-18(3)14-20/h4-9,14-15,17,19H,10-13,16H2,1-3H3,(H,26,30). The van der Waals surface area contributed by atoms with Gasteiger partial charge in [0.15, 0.2) is 0 Å². The van der Waals surface area contributed by atoms with Gasteiger partial charge in [-0.05, 0) is 64.9 Å². The Morgan fingerprint density at radius 2 is 1.97 bits per heavy atom. The van der Waals surface area contributed by atoms with Gasteiger partial charge in [-0.2, -0.15) is 4.98 Å². The van der Waals surface area contributed by atoms with Crippen molar-refractivity contribution in [3.8, 4) is 17.1 Å². The third kappa shape index (κ3) is 5.73. The molecule has 2 aromatic carbocycles. The van der Waals surface area contributed by atoms with Crippen LogP contribution in [0.3, 0.4) is 0 Å². The van der Waals surface area contributed by atoms with E-state index in [2.05, 4.69) is 20.4 Å². The Hall–Kier alpha value is -3.19. The number of benzene rings is 2. The van der Waals surface area contributed by atoms with Gasteiger partial charge in [0, 0.05) is 23.2 Å². The molecule has 2 heterocycles. The molecule has 0 aliphatic carbocycles. The van der Waals surface area contributed by atoms with E-state index in [1.54, 1.807) is 0 Å². The second kappa shape index (κ2) is 9.96. The van der Waals surface area contributed by atoms with Crippen LogP contribution in [0.25, 0.3) is 11.4 Å². The number of amides is 1. The number of carbonyl (C=O) groups is 1. The van der Waals surface area contributed by atoms with Crippen LogP contribution in [0, 0.1) is 12.8 Å². The molecule has 3 aromatic rings. The zero-order valence-corrected chi connectivity index (χ0v) is 18.9. The lowest BCUT2D eigenvalue weighted by molar-refractivity contribution is -0.121. The number of anilines is 1. The van der Waals surface area contributed by atoms with E-state index in [-0.39, 0.29) is 17.9 Å². The third-order valence-electron chi connectivity index (χ3n) is 5.53. The lowest BCUT2D eigenvalue weighted by Crippen LogP contribution is -2.37. The molecule has 0 saturated carbocycles. The van der Waals surface area contributed by atoms with Crippen molar-refractivity contribution in [3.63, 3.8) is 0 Å². The highest BCUT2D eigenvalue weighted by atomic mass is 16.5. The van der Waals surface area contributed by atoms with Crippen LogP contribution in [0.2, 0.25) is 0 Å². The molecule has 0 spiro atoms. The first kappa shape index (κ1) is 22.0.